The number of hydrogen-bond donors (Lipinski definition) is 1. The highest BCUT2D eigenvalue weighted by molar-refractivity contribution is 9.10. The Morgan fingerprint density at radius 3 is 2.95 bits per heavy atom. The molecule has 5 heteroatoms. The highest BCUT2D eigenvalue weighted by atomic mass is 79.9. The van der Waals surface area contributed by atoms with Gasteiger partial charge in [0.05, 0.1) is 6.61 Å². The van der Waals surface area contributed by atoms with Crippen molar-refractivity contribution in [1.29, 1.82) is 0 Å². The fourth-order valence-electron chi connectivity index (χ4n) is 2.02. The highest BCUT2D eigenvalue weighted by Gasteiger charge is 2.21. The van der Waals surface area contributed by atoms with Gasteiger partial charge in [0.1, 0.15) is 0 Å². The molecule has 0 aliphatic heterocycles. The second-order valence-corrected chi connectivity index (χ2v) is 6.23. The van der Waals surface area contributed by atoms with Crippen molar-refractivity contribution in [2.24, 2.45) is 5.92 Å². The number of halogens is 1. The summed E-state index contributed by atoms with van der Waals surface area (Å²) in [5.74, 6) is -0.173. The van der Waals surface area contributed by atoms with Crippen molar-refractivity contribution in [3.63, 3.8) is 0 Å². The van der Waals surface area contributed by atoms with Crippen LogP contribution in [0.3, 0.4) is 0 Å². The molecule has 1 saturated carbocycles. The molecule has 1 aliphatic carbocycles. The number of ether oxygens (including phenoxy) is 1. The summed E-state index contributed by atoms with van der Waals surface area (Å²) in [7, 11) is 1.99. The standard InChI is InChI=1S/C16H20BrNO3/c1-18(8-9-21-11-12-2-3-12)15-6-5-14(17)10-13(15)4-7-16(19)20/h4-7,10,12H,2-3,8-9,11H2,1H3,(H,19,20)/b7-4+. The molecule has 0 spiro atoms. The van der Waals surface area contributed by atoms with Gasteiger partial charge in [-0.2, -0.15) is 0 Å². The number of rotatable bonds is 8. The van der Waals surface area contributed by atoms with Crippen molar-refractivity contribution in [3.05, 3.63) is 34.3 Å². The van der Waals surface area contributed by atoms with Crippen molar-refractivity contribution >= 4 is 33.7 Å². The molecule has 1 N–H and O–H groups in total. The van der Waals surface area contributed by atoms with E-state index in [1.807, 2.05) is 25.2 Å². The molecule has 0 aromatic heterocycles. The first-order valence-electron chi connectivity index (χ1n) is 7.05. The van der Waals surface area contributed by atoms with E-state index in [0.717, 1.165) is 40.9 Å². The number of carboxylic acids is 1. The smallest absolute Gasteiger partial charge is 0.328 e. The topological polar surface area (TPSA) is 49.8 Å². The summed E-state index contributed by atoms with van der Waals surface area (Å²) in [4.78, 5) is 12.8. The van der Waals surface area contributed by atoms with Crippen LogP contribution in [0.4, 0.5) is 5.69 Å². The molecule has 0 amide bonds. The summed E-state index contributed by atoms with van der Waals surface area (Å²) >= 11 is 3.41. The molecule has 114 valence electrons. The normalized spacial score (nSPS) is 14.6. The molecule has 0 radical (unpaired) electrons. The molecule has 2 rings (SSSR count). The van der Waals surface area contributed by atoms with Crippen LogP contribution in [0.5, 0.6) is 0 Å². The van der Waals surface area contributed by atoms with E-state index in [-0.39, 0.29) is 0 Å². The van der Waals surface area contributed by atoms with E-state index >= 15 is 0 Å². The first-order chi connectivity index (χ1) is 10.1. The van der Waals surface area contributed by atoms with Crippen molar-refractivity contribution in [2.45, 2.75) is 12.8 Å². The largest absolute Gasteiger partial charge is 0.478 e. The third kappa shape index (κ3) is 5.52. The molecular formula is C16H20BrNO3. The van der Waals surface area contributed by atoms with E-state index in [4.69, 9.17) is 9.84 Å². The SMILES string of the molecule is CN(CCOCC1CC1)c1ccc(Br)cc1/C=C/C(=O)O. The van der Waals surface area contributed by atoms with Crippen LogP contribution in [0.25, 0.3) is 6.08 Å². The van der Waals surface area contributed by atoms with Gasteiger partial charge in [0.2, 0.25) is 0 Å². The lowest BCUT2D eigenvalue weighted by molar-refractivity contribution is -0.131. The summed E-state index contributed by atoms with van der Waals surface area (Å²) in [6, 6.07) is 5.85. The summed E-state index contributed by atoms with van der Waals surface area (Å²) < 4.78 is 6.57. The third-order valence-corrected chi connectivity index (χ3v) is 3.92. The van der Waals surface area contributed by atoms with Gasteiger partial charge < -0.3 is 14.7 Å². The van der Waals surface area contributed by atoms with Gasteiger partial charge in [-0.3, -0.25) is 0 Å². The zero-order chi connectivity index (χ0) is 15.2. The molecule has 21 heavy (non-hydrogen) atoms. The minimum atomic E-state index is -0.948. The molecule has 0 heterocycles. The lowest BCUT2D eigenvalue weighted by Crippen LogP contribution is -2.23. The summed E-state index contributed by atoms with van der Waals surface area (Å²) in [5, 5.41) is 8.77. The van der Waals surface area contributed by atoms with Gasteiger partial charge in [0.25, 0.3) is 0 Å². The van der Waals surface area contributed by atoms with Gasteiger partial charge in [-0.15, -0.1) is 0 Å². The van der Waals surface area contributed by atoms with Gasteiger partial charge >= 0.3 is 5.97 Å². The minimum absolute atomic E-state index is 0.686. The van der Waals surface area contributed by atoms with Crippen molar-refractivity contribution in [2.75, 3.05) is 31.7 Å². The van der Waals surface area contributed by atoms with E-state index in [1.54, 1.807) is 6.08 Å². The Morgan fingerprint density at radius 2 is 2.29 bits per heavy atom. The summed E-state index contributed by atoms with van der Waals surface area (Å²) in [6.45, 7) is 2.33. The first-order valence-corrected chi connectivity index (χ1v) is 7.85. The number of carbonyl (C=O) groups is 1. The van der Waals surface area contributed by atoms with Crippen LogP contribution in [0.15, 0.2) is 28.7 Å². The maximum Gasteiger partial charge on any atom is 0.328 e. The van der Waals surface area contributed by atoms with Crippen LogP contribution in [0, 0.1) is 5.92 Å². The van der Waals surface area contributed by atoms with Gasteiger partial charge in [0.15, 0.2) is 0 Å². The van der Waals surface area contributed by atoms with Crippen LogP contribution in [0.1, 0.15) is 18.4 Å². The fourth-order valence-corrected chi connectivity index (χ4v) is 2.40. The molecular weight excluding hydrogens is 334 g/mol. The number of anilines is 1. The van der Waals surface area contributed by atoms with Gasteiger partial charge in [-0.25, -0.2) is 4.79 Å². The van der Waals surface area contributed by atoms with Crippen LogP contribution in [-0.2, 0) is 9.53 Å². The number of carboxylic acid groups (broad SMARTS) is 1. The van der Waals surface area contributed by atoms with E-state index in [1.165, 1.54) is 12.8 Å². The quantitative estimate of drug-likeness (QED) is 0.574. The fraction of sp³-hybridized carbons (Fsp3) is 0.438. The lowest BCUT2D eigenvalue weighted by Gasteiger charge is -2.21. The predicted octanol–water partition coefficient (Wildman–Crippen LogP) is 3.41. The van der Waals surface area contributed by atoms with Crippen LogP contribution < -0.4 is 4.90 Å². The number of hydrogen-bond acceptors (Lipinski definition) is 3. The van der Waals surface area contributed by atoms with E-state index < -0.39 is 5.97 Å². The Labute approximate surface area is 133 Å². The number of likely N-dealkylation sites (N-methyl/N-ethyl adjacent to an activating group) is 1. The Bertz CT molecular complexity index is 526. The molecule has 0 saturated heterocycles. The second kappa shape index (κ2) is 7.61. The Hall–Kier alpha value is -1.33. The maximum absolute atomic E-state index is 10.7. The van der Waals surface area contributed by atoms with E-state index in [2.05, 4.69) is 20.8 Å². The first kappa shape index (κ1) is 16.0. The molecule has 4 nitrogen and oxygen atoms in total. The average Bonchev–Trinajstić information content (AvgIpc) is 3.25. The summed E-state index contributed by atoms with van der Waals surface area (Å²) in [6.07, 6.45) is 5.37. The number of benzene rings is 1. The van der Waals surface area contributed by atoms with Crippen LogP contribution >= 0.6 is 15.9 Å². The summed E-state index contributed by atoms with van der Waals surface area (Å²) in [5.41, 5.74) is 1.86. The zero-order valence-electron chi connectivity index (χ0n) is 12.1. The number of nitrogens with zero attached hydrogens (tertiary/aromatic N) is 1. The second-order valence-electron chi connectivity index (χ2n) is 5.31. The molecule has 1 aromatic rings. The van der Waals surface area contributed by atoms with Gasteiger partial charge in [0, 0.05) is 36.4 Å². The monoisotopic (exact) mass is 353 g/mol. The predicted molar refractivity (Wildman–Crippen MR) is 87.6 cm³/mol. The van der Waals surface area contributed by atoms with Crippen molar-refractivity contribution < 1.29 is 14.6 Å². The van der Waals surface area contributed by atoms with Crippen molar-refractivity contribution in [1.82, 2.24) is 0 Å². The van der Waals surface area contributed by atoms with Gasteiger partial charge in [-0.05, 0) is 48.6 Å². The average molecular weight is 354 g/mol. The molecule has 1 fully saturated rings. The Balaban J connectivity index is 1.96. The zero-order valence-corrected chi connectivity index (χ0v) is 13.7. The molecule has 0 bridgehead atoms. The van der Waals surface area contributed by atoms with E-state index in [9.17, 15) is 4.79 Å². The lowest BCUT2D eigenvalue weighted by atomic mass is 10.1. The molecule has 0 unspecified atom stereocenters. The number of aliphatic carboxylic acids is 1. The Morgan fingerprint density at radius 1 is 1.52 bits per heavy atom. The van der Waals surface area contributed by atoms with Crippen molar-refractivity contribution in [3.8, 4) is 0 Å². The molecule has 1 aromatic carbocycles. The van der Waals surface area contributed by atoms with Crippen LogP contribution in [0.2, 0.25) is 0 Å². The molecule has 0 atom stereocenters. The molecule has 1 aliphatic rings. The van der Waals surface area contributed by atoms with Crippen LogP contribution in [-0.4, -0.2) is 37.9 Å². The van der Waals surface area contributed by atoms with Gasteiger partial charge in [-0.1, -0.05) is 15.9 Å². The minimum Gasteiger partial charge on any atom is -0.478 e. The maximum atomic E-state index is 10.7. The Kier molecular flexibility index (Phi) is 5.82. The third-order valence-electron chi connectivity index (χ3n) is 3.43. The van der Waals surface area contributed by atoms with E-state index in [0.29, 0.717) is 6.61 Å². The highest BCUT2D eigenvalue weighted by Crippen LogP contribution is 2.29.